The fraction of sp³-hybridized carbons (Fsp3) is 0.333. The third-order valence-electron chi connectivity index (χ3n) is 1.94. The molecule has 5 heteroatoms. The maximum atomic E-state index is 11.3. The monoisotopic (exact) mass is 299 g/mol. The van der Waals surface area contributed by atoms with Gasteiger partial charge in [0, 0.05) is 10.0 Å². The van der Waals surface area contributed by atoms with E-state index in [1.807, 2.05) is 13.8 Å². The van der Waals surface area contributed by atoms with Crippen molar-refractivity contribution in [1.82, 2.24) is 0 Å². The highest BCUT2D eigenvalue weighted by Crippen LogP contribution is 2.20. The van der Waals surface area contributed by atoms with Crippen LogP contribution < -0.4 is 0 Å². The summed E-state index contributed by atoms with van der Waals surface area (Å²) in [6, 6.07) is 5.20. The Hall–Kier alpha value is -1.36. The molecule has 0 spiro atoms. The summed E-state index contributed by atoms with van der Waals surface area (Å²) in [7, 11) is 1.35. The molecule has 17 heavy (non-hydrogen) atoms. The number of hydrogen-bond acceptors (Lipinski definition) is 4. The van der Waals surface area contributed by atoms with E-state index in [-0.39, 0.29) is 5.97 Å². The van der Waals surface area contributed by atoms with E-state index in [0.717, 1.165) is 15.7 Å². The van der Waals surface area contributed by atoms with Gasteiger partial charge in [0.25, 0.3) is 0 Å². The molecule has 0 radical (unpaired) electrons. The molecule has 0 aliphatic rings. The summed E-state index contributed by atoms with van der Waals surface area (Å²) in [5, 5.41) is 3.84. The maximum absolute atomic E-state index is 11.3. The first-order chi connectivity index (χ1) is 8.04. The van der Waals surface area contributed by atoms with Crippen molar-refractivity contribution in [2.75, 3.05) is 7.11 Å². The van der Waals surface area contributed by atoms with Gasteiger partial charge in [-0.05, 0) is 26.0 Å². The largest absolute Gasteiger partial charge is 0.465 e. The minimum absolute atomic E-state index is 0.354. The Bertz CT molecular complexity index is 439. The van der Waals surface area contributed by atoms with E-state index in [2.05, 4.69) is 25.8 Å². The zero-order valence-electron chi connectivity index (χ0n) is 9.99. The molecule has 0 aromatic heterocycles. The van der Waals surface area contributed by atoms with Crippen molar-refractivity contribution in [2.24, 2.45) is 5.16 Å². The smallest absolute Gasteiger partial charge is 0.337 e. The number of oxime groups is 1. The van der Waals surface area contributed by atoms with E-state index in [4.69, 9.17) is 4.84 Å². The number of nitrogens with zero attached hydrogens (tertiary/aromatic N) is 1. The highest BCUT2D eigenvalue weighted by molar-refractivity contribution is 9.10. The number of hydrogen-bond donors (Lipinski definition) is 0. The van der Waals surface area contributed by atoms with Gasteiger partial charge in [-0.2, -0.15) is 0 Å². The average Bonchev–Trinajstić information content (AvgIpc) is 2.29. The van der Waals surface area contributed by atoms with Crippen LogP contribution in [0.3, 0.4) is 0 Å². The van der Waals surface area contributed by atoms with E-state index < -0.39 is 0 Å². The molecule has 92 valence electrons. The van der Waals surface area contributed by atoms with Crippen molar-refractivity contribution >= 4 is 27.6 Å². The molecule has 0 fully saturated rings. The summed E-state index contributed by atoms with van der Waals surface area (Å²) in [4.78, 5) is 16.4. The van der Waals surface area contributed by atoms with E-state index in [9.17, 15) is 4.79 Å². The third kappa shape index (κ3) is 4.19. The molecule has 0 N–H and O–H groups in total. The Morgan fingerprint density at radius 2 is 2.12 bits per heavy atom. The maximum Gasteiger partial charge on any atom is 0.337 e. The molecule has 0 atom stereocenters. The van der Waals surface area contributed by atoms with Gasteiger partial charge in [0.15, 0.2) is 0 Å². The number of carbonyl (C=O) groups excluding carboxylic acids is 1. The Balaban J connectivity index is 2.76. The molecule has 0 aliphatic heterocycles. The topological polar surface area (TPSA) is 47.9 Å². The van der Waals surface area contributed by atoms with Crippen LogP contribution in [0.1, 0.15) is 29.8 Å². The highest BCUT2D eigenvalue weighted by Gasteiger charge is 2.08. The quantitative estimate of drug-likeness (QED) is 0.487. The zero-order chi connectivity index (χ0) is 12.8. The second kappa shape index (κ2) is 6.39. The molecule has 1 aromatic carbocycles. The van der Waals surface area contributed by atoms with Crippen LogP contribution in [-0.4, -0.2) is 18.8 Å². The van der Waals surface area contributed by atoms with E-state index in [0.29, 0.717) is 12.2 Å². The molecule has 0 saturated heterocycles. The van der Waals surface area contributed by atoms with Crippen molar-refractivity contribution in [3.8, 4) is 0 Å². The van der Waals surface area contributed by atoms with Gasteiger partial charge in [-0.3, -0.25) is 0 Å². The first kappa shape index (κ1) is 13.7. The Morgan fingerprint density at radius 3 is 2.65 bits per heavy atom. The third-order valence-corrected chi connectivity index (χ3v) is 2.68. The number of methoxy groups -OCH3 is 1. The molecular formula is C12H14BrNO3. The number of halogens is 1. The standard InChI is InChI=1S/C12H14BrNO3/c1-8(2)14-17-7-10-5-4-9(6-11(10)13)12(15)16-3/h4-6H,7H2,1-3H3. The molecular weight excluding hydrogens is 286 g/mol. The molecule has 1 rings (SSSR count). The van der Waals surface area contributed by atoms with Crippen molar-refractivity contribution in [3.63, 3.8) is 0 Å². The second-order valence-corrected chi connectivity index (χ2v) is 4.46. The number of ether oxygens (including phenoxy) is 1. The van der Waals surface area contributed by atoms with Gasteiger partial charge in [0.1, 0.15) is 6.61 Å². The minimum atomic E-state index is -0.361. The van der Waals surface area contributed by atoms with E-state index >= 15 is 0 Å². The summed E-state index contributed by atoms with van der Waals surface area (Å²) in [5.74, 6) is -0.361. The van der Waals surface area contributed by atoms with Gasteiger partial charge in [-0.15, -0.1) is 0 Å². The molecule has 0 saturated carbocycles. The van der Waals surface area contributed by atoms with Crippen LogP contribution in [0.25, 0.3) is 0 Å². The molecule has 0 amide bonds. The Morgan fingerprint density at radius 1 is 1.41 bits per heavy atom. The van der Waals surface area contributed by atoms with Gasteiger partial charge in [-0.1, -0.05) is 27.2 Å². The Labute approximate surface area is 109 Å². The SMILES string of the molecule is COC(=O)c1ccc(CON=C(C)C)c(Br)c1. The fourth-order valence-corrected chi connectivity index (χ4v) is 1.63. The van der Waals surface area contributed by atoms with Crippen LogP contribution in [-0.2, 0) is 16.2 Å². The van der Waals surface area contributed by atoms with Gasteiger partial charge in [0.05, 0.1) is 18.4 Å². The van der Waals surface area contributed by atoms with Crippen molar-refractivity contribution in [3.05, 3.63) is 33.8 Å². The fourth-order valence-electron chi connectivity index (χ4n) is 1.14. The Kier molecular flexibility index (Phi) is 5.15. The lowest BCUT2D eigenvalue weighted by molar-refractivity contribution is 0.0600. The minimum Gasteiger partial charge on any atom is -0.465 e. The summed E-state index contributed by atoms with van der Waals surface area (Å²) in [5.41, 5.74) is 2.27. The number of esters is 1. The van der Waals surface area contributed by atoms with E-state index in [1.54, 1.807) is 18.2 Å². The van der Waals surface area contributed by atoms with Gasteiger partial charge in [0.2, 0.25) is 0 Å². The summed E-state index contributed by atoms with van der Waals surface area (Å²) >= 11 is 3.38. The molecule has 0 aliphatic carbocycles. The predicted octanol–water partition coefficient (Wildman–Crippen LogP) is 3.15. The van der Waals surface area contributed by atoms with Crippen LogP contribution in [0.15, 0.2) is 27.8 Å². The number of carbonyl (C=O) groups is 1. The van der Waals surface area contributed by atoms with Gasteiger partial charge >= 0.3 is 5.97 Å². The summed E-state index contributed by atoms with van der Waals surface area (Å²) in [6.07, 6.45) is 0. The van der Waals surface area contributed by atoms with Crippen LogP contribution in [0, 0.1) is 0 Å². The number of benzene rings is 1. The average molecular weight is 300 g/mol. The summed E-state index contributed by atoms with van der Waals surface area (Å²) < 4.78 is 5.43. The van der Waals surface area contributed by atoms with Crippen LogP contribution in [0.5, 0.6) is 0 Å². The molecule has 0 unspecified atom stereocenters. The lowest BCUT2D eigenvalue weighted by Gasteiger charge is -2.05. The van der Waals surface area contributed by atoms with Gasteiger partial charge in [-0.25, -0.2) is 4.79 Å². The van der Waals surface area contributed by atoms with Crippen LogP contribution in [0.2, 0.25) is 0 Å². The number of rotatable bonds is 4. The van der Waals surface area contributed by atoms with Crippen molar-refractivity contribution < 1.29 is 14.4 Å². The molecule has 0 heterocycles. The van der Waals surface area contributed by atoms with Crippen LogP contribution in [0.4, 0.5) is 0 Å². The normalized spacial score (nSPS) is 9.65. The molecule has 4 nitrogen and oxygen atoms in total. The van der Waals surface area contributed by atoms with E-state index in [1.165, 1.54) is 7.11 Å². The first-order valence-corrected chi connectivity index (χ1v) is 5.83. The van der Waals surface area contributed by atoms with Crippen molar-refractivity contribution in [1.29, 1.82) is 0 Å². The predicted molar refractivity (Wildman–Crippen MR) is 69.1 cm³/mol. The lowest BCUT2D eigenvalue weighted by atomic mass is 10.1. The van der Waals surface area contributed by atoms with Gasteiger partial charge < -0.3 is 9.57 Å². The molecule has 1 aromatic rings. The first-order valence-electron chi connectivity index (χ1n) is 5.04. The molecule has 0 bridgehead atoms. The van der Waals surface area contributed by atoms with Crippen LogP contribution >= 0.6 is 15.9 Å². The second-order valence-electron chi connectivity index (χ2n) is 3.61. The van der Waals surface area contributed by atoms with Crippen molar-refractivity contribution in [2.45, 2.75) is 20.5 Å². The zero-order valence-corrected chi connectivity index (χ0v) is 11.6. The summed E-state index contributed by atoms with van der Waals surface area (Å²) in [6.45, 7) is 4.07. The lowest BCUT2D eigenvalue weighted by Crippen LogP contribution is -2.02. The highest BCUT2D eigenvalue weighted by atomic mass is 79.9.